The number of hydrogen-bond acceptors (Lipinski definition) is 8. The van der Waals surface area contributed by atoms with Gasteiger partial charge in [0.15, 0.2) is 11.5 Å². The van der Waals surface area contributed by atoms with Crippen molar-refractivity contribution in [2.45, 2.75) is 45.7 Å². The van der Waals surface area contributed by atoms with Gasteiger partial charge in [0.05, 0.1) is 28.7 Å². The summed E-state index contributed by atoms with van der Waals surface area (Å²) in [5.41, 5.74) is 1.76. The van der Waals surface area contributed by atoms with Crippen LogP contribution >= 0.6 is 0 Å². The number of amides is 1. The van der Waals surface area contributed by atoms with Gasteiger partial charge in [-0.05, 0) is 63.7 Å². The molecule has 252 valence electrons. The summed E-state index contributed by atoms with van der Waals surface area (Å²) in [6.45, 7) is 9.67. The number of carbonyl (C=O) groups excluding carboxylic acids is 1. The van der Waals surface area contributed by atoms with E-state index in [2.05, 4.69) is 14.9 Å². The van der Waals surface area contributed by atoms with E-state index in [1.54, 1.807) is 18.3 Å². The Morgan fingerprint density at radius 3 is 2.54 bits per heavy atom. The van der Waals surface area contributed by atoms with E-state index < -0.39 is 28.6 Å². The van der Waals surface area contributed by atoms with Crippen molar-refractivity contribution in [3.05, 3.63) is 81.9 Å². The highest BCUT2D eigenvalue weighted by Gasteiger charge is 2.41. The Morgan fingerprint density at radius 2 is 1.85 bits per heavy atom. The van der Waals surface area contributed by atoms with Crippen LogP contribution in [-0.4, -0.2) is 94.8 Å². The van der Waals surface area contributed by atoms with Gasteiger partial charge in [0.25, 0.3) is 5.56 Å². The predicted molar refractivity (Wildman–Crippen MR) is 184 cm³/mol. The van der Waals surface area contributed by atoms with E-state index in [0.717, 1.165) is 11.6 Å². The van der Waals surface area contributed by atoms with Crippen LogP contribution in [0.2, 0.25) is 0 Å². The molecule has 10 nitrogen and oxygen atoms in total. The fourth-order valence-electron chi connectivity index (χ4n) is 6.95. The predicted octanol–water partition coefficient (Wildman–Crippen LogP) is 4.84. The van der Waals surface area contributed by atoms with E-state index >= 15 is 8.78 Å². The van der Waals surface area contributed by atoms with Crippen molar-refractivity contribution in [3.63, 3.8) is 0 Å². The minimum Gasteiger partial charge on any atom is -0.507 e. The number of anilines is 2. The van der Waals surface area contributed by atoms with Gasteiger partial charge < -0.3 is 24.7 Å². The smallest absolute Gasteiger partial charge is 0.282 e. The maximum absolute atomic E-state index is 16.3. The van der Waals surface area contributed by atoms with Gasteiger partial charge in [-0.25, -0.2) is 13.8 Å². The highest BCUT2D eigenvalue weighted by molar-refractivity contribution is 6.00. The molecule has 0 saturated carbocycles. The molecule has 2 unspecified atom stereocenters. The van der Waals surface area contributed by atoms with Crippen LogP contribution in [0.15, 0.2) is 53.5 Å². The van der Waals surface area contributed by atoms with Gasteiger partial charge in [0.1, 0.15) is 22.9 Å². The lowest BCUT2D eigenvalue weighted by molar-refractivity contribution is -0.128. The second-order valence-corrected chi connectivity index (χ2v) is 13.4. The van der Waals surface area contributed by atoms with Crippen molar-refractivity contribution in [3.8, 4) is 22.7 Å². The number of aromatic nitrogens is 3. The maximum Gasteiger partial charge on any atom is 0.282 e. The number of halogens is 2. The number of carbonyl (C=O) groups is 1. The van der Waals surface area contributed by atoms with E-state index in [9.17, 15) is 14.7 Å². The molecule has 2 aliphatic rings. The van der Waals surface area contributed by atoms with Crippen LogP contribution in [0.5, 0.6) is 5.75 Å². The molecule has 2 atom stereocenters. The SMILES string of the molecule is Cc1ccnc(C(C)C)c1-n1c(=O)c2c(c3cc(F)c(-c4c(O)cccc4F)nc31)N1CC(C)N(C(=O)/C=C/CN(C)C)CC1CN2C. The molecule has 0 spiro atoms. The zero-order valence-corrected chi connectivity index (χ0v) is 28.3. The van der Waals surface area contributed by atoms with Crippen LogP contribution in [0.1, 0.15) is 37.9 Å². The Morgan fingerprint density at radius 1 is 1.10 bits per heavy atom. The molecule has 2 aliphatic heterocycles. The number of likely N-dealkylation sites (N-methyl/N-ethyl adjacent to an activating group) is 2. The van der Waals surface area contributed by atoms with E-state index in [-0.39, 0.29) is 35.1 Å². The lowest BCUT2D eigenvalue weighted by Crippen LogP contribution is -2.64. The fraction of sp³-hybridized carbons (Fsp3) is 0.389. The first-order valence-electron chi connectivity index (χ1n) is 16.1. The monoisotopic (exact) mass is 657 g/mol. The number of fused-ring (bicyclic) bond motifs is 5. The Balaban J connectivity index is 1.62. The number of rotatable bonds is 6. The van der Waals surface area contributed by atoms with Gasteiger partial charge >= 0.3 is 0 Å². The number of phenolic OH excluding ortho intramolecular Hbond substituents is 1. The zero-order chi connectivity index (χ0) is 34.6. The number of benzene rings is 1. The average molecular weight is 658 g/mol. The van der Waals surface area contributed by atoms with Gasteiger partial charge in [-0.15, -0.1) is 0 Å². The second kappa shape index (κ2) is 12.6. The van der Waals surface area contributed by atoms with E-state index in [1.165, 1.54) is 22.8 Å². The number of piperazine rings is 1. The van der Waals surface area contributed by atoms with Gasteiger partial charge in [-0.1, -0.05) is 26.0 Å². The molecule has 1 amide bonds. The summed E-state index contributed by atoms with van der Waals surface area (Å²) in [5, 5.41) is 11.0. The van der Waals surface area contributed by atoms with Crippen molar-refractivity contribution in [1.82, 2.24) is 24.3 Å². The molecule has 48 heavy (non-hydrogen) atoms. The summed E-state index contributed by atoms with van der Waals surface area (Å²) in [6, 6.07) is 6.38. The normalized spacial score (nSPS) is 17.9. The molecule has 12 heteroatoms. The molecule has 0 aliphatic carbocycles. The molecule has 0 radical (unpaired) electrons. The minimum atomic E-state index is -0.847. The van der Waals surface area contributed by atoms with Crippen LogP contribution in [0.4, 0.5) is 20.2 Å². The van der Waals surface area contributed by atoms with Gasteiger partial charge in [-0.3, -0.25) is 19.1 Å². The van der Waals surface area contributed by atoms with Gasteiger partial charge in [0, 0.05) is 56.9 Å². The average Bonchev–Trinajstić information content (AvgIpc) is 3.01. The topological polar surface area (TPSA) is 98.0 Å². The summed E-state index contributed by atoms with van der Waals surface area (Å²) in [6.07, 6.45) is 5.12. The Kier molecular flexibility index (Phi) is 8.71. The Bertz CT molecular complexity index is 1990. The lowest BCUT2D eigenvalue weighted by Gasteiger charge is -2.51. The van der Waals surface area contributed by atoms with E-state index in [0.29, 0.717) is 54.3 Å². The first-order chi connectivity index (χ1) is 22.8. The molecule has 6 rings (SSSR count). The molecule has 1 aromatic carbocycles. The third kappa shape index (κ3) is 5.57. The molecular formula is C36H41F2N7O3. The molecule has 4 aromatic rings. The number of hydrogen-bond donors (Lipinski definition) is 1. The lowest BCUT2D eigenvalue weighted by atomic mass is 9.98. The number of nitrogens with zero attached hydrogens (tertiary/aromatic N) is 7. The Hall–Kier alpha value is -4.84. The van der Waals surface area contributed by atoms with Crippen molar-refractivity contribution < 1.29 is 18.7 Å². The fourth-order valence-corrected chi connectivity index (χ4v) is 6.95. The molecular weight excluding hydrogens is 616 g/mol. The highest BCUT2D eigenvalue weighted by Crippen LogP contribution is 2.43. The van der Waals surface area contributed by atoms with Crippen molar-refractivity contribution in [2.24, 2.45) is 0 Å². The third-order valence-corrected chi connectivity index (χ3v) is 9.21. The summed E-state index contributed by atoms with van der Waals surface area (Å²) in [4.78, 5) is 45.2. The summed E-state index contributed by atoms with van der Waals surface area (Å²) in [7, 11) is 5.69. The molecule has 0 bridgehead atoms. The quantitative estimate of drug-likeness (QED) is 0.295. The van der Waals surface area contributed by atoms with E-state index in [1.807, 2.05) is 69.6 Å². The van der Waals surface area contributed by atoms with Crippen LogP contribution in [-0.2, 0) is 4.79 Å². The molecule has 1 N–H and O–H groups in total. The second-order valence-electron chi connectivity index (χ2n) is 13.4. The molecule has 1 saturated heterocycles. The third-order valence-electron chi connectivity index (χ3n) is 9.21. The summed E-state index contributed by atoms with van der Waals surface area (Å²) >= 11 is 0. The largest absolute Gasteiger partial charge is 0.507 e. The van der Waals surface area contributed by atoms with Crippen LogP contribution in [0.3, 0.4) is 0 Å². The number of pyridine rings is 3. The zero-order valence-electron chi connectivity index (χ0n) is 28.3. The van der Waals surface area contributed by atoms with Gasteiger partial charge in [0.2, 0.25) is 5.91 Å². The van der Waals surface area contributed by atoms with E-state index in [4.69, 9.17) is 0 Å². The standard InChI is InChI=1S/C36H41F2N7O3/c1-20(2)30-32(21(3)13-14-39-30)45-35-24(16-26(38)31(40-35)29-25(37)10-8-11-27(29)46)33-34(36(45)48)42(7)18-23-19-43(22(4)17-44(23)33)28(47)12-9-15-41(5)6/h8-14,16,20,22-23,46H,15,17-19H2,1-7H3/b12-9+. The first kappa shape index (κ1) is 33.1. The molecule has 1 fully saturated rings. The number of phenols is 1. The maximum atomic E-state index is 16.3. The highest BCUT2D eigenvalue weighted by atomic mass is 19.1. The summed E-state index contributed by atoms with van der Waals surface area (Å²) in [5.74, 6) is -2.33. The van der Waals surface area contributed by atoms with Crippen LogP contribution < -0.4 is 15.4 Å². The van der Waals surface area contributed by atoms with Crippen LogP contribution in [0, 0.1) is 18.6 Å². The van der Waals surface area contributed by atoms with Crippen molar-refractivity contribution >= 4 is 28.3 Å². The van der Waals surface area contributed by atoms with Gasteiger partial charge in [-0.2, -0.15) is 0 Å². The number of aromatic hydroxyl groups is 1. The molecule has 5 heterocycles. The minimum absolute atomic E-state index is 0.0752. The van der Waals surface area contributed by atoms with Crippen molar-refractivity contribution in [2.75, 3.05) is 57.1 Å². The molecule has 3 aromatic heterocycles. The Labute approximate surface area is 278 Å². The first-order valence-corrected chi connectivity index (χ1v) is 16.1. The van der Waals surface area contributed by atoms with Crippen molar-refractivity contribution in [1.29, 1.82) is 0 Å². The summed E-state index contributed by atoms with van der Waals surface area (Å²) < 4.78 is 32.9. The van der Waals surface area contributed by atoms with Crippen LogP contribution in [0.25, 0.3) is 28.0 Å². The number of aryl methyl sites for hydroxylation is 1.